The third kappa shape index (κ3) is 5.00. The molecule has 1 aromatic heterocycles. The number of halogens is 3. The Kier molecular flexibility index (Phi) is 6.29. The zero-order valence-corrected chi connectivity index (χ0v) is 19.4. The Morgan fingerprint density at radius 2 is 1.75 bits per heavy atom. The molecule has 11 heteroatoms. The largest absolute Gasteiger partial charge is 0.481 e. The molecule has 0 bridgehead atoms. The van der Waals surface area contributed by atoms with E-state index in [1.54, 1.807) is 4.90 Å². The van der Waals surface area contributed by atoms with Crippen LogP contribution in [0, 0.1) is 0 Å². The first-order chi connectivity index (χ1) is 17.3. The van der Waals surface area contributed by atoms with Crippen molar-refractivity contribution in [2.45, 2.75) is 19.2 Å². The van der Waals surface area contributed by atoms with Crippen molar-refractivity contribution < 1.29 is 32.2 Å². The van der Waals surface area contributed by atoms with E-state index in [1.807, 2.05) is 35.2 Å². The number of piperazine rings is 1. The summed E-state index contributed by atoms with van der Waals surface area (Å²) in [5.74, 6) is 1.79. The summed E-state index contributed by atoms with van der Waals surface area (Å²) in [5, 5.41) is 8.68. The lowest BCUT2D eigenvalue weighted by Crippen LogP contribution is -2.52. The molecule has 3 aromatic rings. The van der Waals surface area contributed by atoms with Gasteiger partial charge in [-0.2, -0.15) is 13.2 Å². The summed E-state index contributed by atoms with van der Waals surface area (Å²) in [5.41, 5.74) is 0.744. The highest BCUT2D eigenvalue weighted by Crippen LogP contribution is 2.35. The van der Waals surface area contributed by atoms with Crippen LogP contribution in [0.15, 0.2) is 54.6 Å². The Labute approximate surface area is 205 Å². The van der Waals surface area contributed by atoms with E-state index in [1.165, 1.54) is 19.1 Å². The van der Waals surface area contributed by atoms with Crippen LogP contribution >= 0.6 is 0 Å². The van der Waals surface area contributed by atoms with Crippen molar-refractivity contribution >= 4 is 11.7 Å². The zero-order chi connectivity index (χ0) is 25.3. The highest BCUT2D eigenvalue weighted by molar-refractivity contribution is 5.81. The van der Waals surface area contributed by atoms with Crippen LogP contribution in [-0.2, 0) is 11.0 Å². The number of hydrogen-bond acceptors (Lipinski definition) is 7. The number of fused-ring (bicyclic) bond motifs is 1. The number of carbonyl (C=O) groups excluding carboxylic acids is 1. The van der Waals surface area contributed by atoms with Gasteiger partial charge in [0, 0.05) is 31.7 Å². The number of ether oxygens (including phenoxy) is 3. The van der Waals surface area contributed by atoms with Crippen LogP contribution in [0.2, 0.25) is 0 Å². The summed E-state index contributed by atoms with van der Waals surface area (Å²) in [4.78, 5) is 16.5. The predicted octanol–water partition coefficient (Wildman–Crippen LogP) is 4.01. The molecule has 5 rings (SSSR count). The first-order valence-electron chi connectivity index (χ1n) is 11.4. The standard InChI is InChI=1S/C25H23F3N4O4/c1-16(36-19-4-2-3-18(14-19)25(26,27)28)24(33)32-11-9-31(10-12-32)23-8-6-20(29-30-23)17-5-7-21-22(13-17)35-15-34-21/h2-8,13-14,16H,9-12,15H2,1H3. The molecule has 0 aliphatic carbocycles. The van der Waals surface area contributed by atoms with Crippen molar-refractivity contribution in [3.8, 4) is 28.5 Å². The molecule has 1 saturated heterocycles. The Morgan fingerprint density at radius 3 is 2.47 bits per heavy atom. The fourth-order valence-corrected chi connectivity index (χ4v) is 4.12. The van der Waals surface area contributed by atoms with Gasteiger partial charge in [-0.25, -0.2) is 0 Å². The van der Waals surface area contributed by atoms with E-state index in [9.17, 15) is 18.0 Å². The van der Waals surface area contributed by atoms with Crippen molar-refractivity contribution in [3.63, 3.8) is 0 Å². The van der Waals surface area contributed by atoms with Crippen molar-refractivity contribution in [3.05, 3.63) is 60.2 Å². The van der Waals surface area contributed by atoms with E-state index < -0.39 is 17.8 Å². The molecule has 0 spiro atoms. The van der Waals surface area contributed by atoms with Gasteiger partial charge in [0.2, 0.25) is 6.79 Å². The maximum absolute atomic E-state index is 12.9. The van der Waals surface area contributed by atoms with Gasteiger partial charge in [0.1, 0.15) is 5.75 Å². The topological polar surface area (TPSA) is 77.0 Å². The number of anilines is 1. The van der Waals surface area contributed by atoms with Gasteiger partial charge >= 0.3 is 6.18 Å². The van der Waals surface area contributed by atoms with E-state index in [0.29, 0.717) is 49.2 Å². The molecule has 1 amide bonds. The lowest BCUT2D eigenvalue weighted by atomic mass is 10.1. The molecule has 1 unspecified atom stereocenters. The van der Waals surface area contributed by atoms with Crippen molar-refractivity contribution in [2.75, 3.05) is 37.9 Å². The minimum atomic E-state index is -4.48. The molecular formula is C25H23F3N4O4. The van der Waals surface area contributed by atoms with Crippen LogP contribution in [-0.4, -0.2) is 60.1 Å². The molecule has 2 aliphatic rings. The predicted molar refractivity (Wildman–Crippen MR) is 124 cm³/mol. The Bertz CT molecular complexity index is 1240. The number of carbonyl (C=O) groups is 1. The highest BCUT2D eigenvalue weighted by atomic mass is 19.4. The van der Waals surface area contributed by atoms with Gasteiger partial charge in [0.25, 0.3) is 5.91 Å². The quantitative estimate of drug-likeness (QED) is 0.524. The van der Waals surface area contributed by atoms with Gasteiger partial charge in [0.05, 0.1) is 11.3 Å². The number of nitrogens with zero attached hydrogens (tertiary/aromatic N) is 4. The molecular weight excluding hydrogens is 477 g/mol. The second-order valence-electron chi connectivity index (χ2n) is 8.44. The summed E-state index contributed by atoms with van der Waals surface area (Å²) in [7, 11) is 0. The highest BCUT2D eigenvalue weighted by Gasteiger charge is 2.31. The molecule has 36 heavy (non-hydrogen) atoms. The minimum Gasteiger partial charge on any atom is -0.481 e. The van der Waals surface area contributed by atoms with Gasteiger partial charge in [-0.05, 0) is 55.5 Å². The molecule has 0 saturated carbocycles. The van der Waals surface area contributed by atoms with E-state index in [0.717, 1.165) is 17.7 Å². The SMILES string of the molecule is CC(Oc1cccc(C(F)(F)F)c1)C(=O)N1CCN(c2ccc(-c3ccc4c(c3)OCO4)nn2)CC1. The maximum Gasteiger partial charge on any atom is 0.416 e. The van der Waals surface area contributed by atoms with Crippen LogP contribution < -0.4 is 19.1 Å². The molecule has 2 aliphatic heterocycles. The molecule has 1 fully saturated rings. The molecule has 8 nitrogen and oxygen atoms in total. The van der Waals surface area contributed by atoms with Crippen LogP contribution in [0.4, 0.5) is 19.0 Å². The third-order valence-electron chi connectivity index (χ3n) is 6.06. The number of amides is 1. The number of aromatic nitrogens is 2. The maximum atomic E-state index is 12.9. The average molecular weight is 500 g/mol. The lowest BCUT2D eigenvalue weighted by Gasteiger charge is -2.36. The van der Waals surface area contributed by atoms with E-state index in [4.69, 9.17) is 14.2 Å². The van der Waals surface area contributed by atoms with Gasteiger partial charge in [-0.15, -0.1) is 10.2 Å². The van der Waals surface area contributed by atoms with Gasteiger partial charge < -0.3 is 24.0 Å². The number of alkyl halides is 3. The summed E-state index contributed by atoms with van der Waals surface area (Å²) in [6.07, 6.45) is -5.39. The second-order valence-corrected chi connectivity index (χ2v) is 8.44. The van der Waals surface area contributed by atoms with E-state index >= 15 is 0 Å². The van der Waals surface area contributed by atoms with E-state index in [-0.39, 0.29) is 18.4 Å². The first kappa shape index (κ1) is 23.7. The third-order valence-corrected chi connectivity index (χ3v) is 6.06. The number of hydrogen-bond donors (Lipinski definition) is 0. The van der Waals surface area contributed by atoms with Gasteiger partial charge in [-0.3, -0.25) is 4.79 Å². The second kappa shape index (κ2) is 9.56. The van der Waals surface area contributed by atoms with Gasteiger partial charge in [-0.1, -0.05) is 6.07 Å². The van der Waals surface area contributed by atoms with Crippen molar-refractivity contribution in [2.24, 2.45) is 0 Å². The molecule has 188 valence electrons. The summed E-state index contributed by atoms with van der Waals surface area (Å²) >= 11 is 0. The molecule has 0 N–H and O–H groups in total. The monoisotopic (exact) mass is 500 g/mol. The van der Waals surface area contributed by atoms with Crippen molar-refractivity contribution in [1.82, 2.24) is 15.1 Å². The van der Waals surface area contributed by atoms with Gasteiger partial charge in [0.15, 0.2) is 23.4 Å². The average Bonchev–Trinajstić information content (AvgIpc) is 3.36. The fourth-order valence-electron chi connectivity index (χ4n) is 4.12. The van der Waals surface area contributed by atoms with Crippen LogP contribution in [0.5, 0.6) is 17.2 Å². The summed E-state index contributed by atoms with van der Waals surface area (Å²) in [6.45, 7) is 3.69. The Morgan fingerprint density at radius 1 is 0.972 bits per heavy atom. The first-order valence-corrected chi connectivity index (χ1v) is 11.4. The normalized spacial score (nSPS) is 16.1. The van der Waals surface area contributed by atoms with Crippen LogP contribution in [0.3, 0.4) is 0 Å². The van der Waals surface area contributed by atoms with Crippen molar-refractivity contribution in [1.29, 1.82) is 0 Å². The summed E-state index contributed by atoms with van der Waals surface area (Å²) in [6, 6.07) is 13.9. The Hall–Kier alpha value is -4.02. The molecule has 1 atom stereocenters. The zero-order valence-electron chi connectivity index (χ0n) is 19.4. The molecule has 2 aromatic carbocycles. The Balaban J connectivity index is 1.16. The minimum absolute atomic E-state index is 0.00198. The van der Waals surface area contributed by atoms with E-state index in [2.05, 4.69) is 10.2 Å². The number of benzene rings is 2. The lowest BCUT2D eigenvalue weighted by molar-refractivity contribution is -0.138. The fraction of sp³-hybridized carbons (Fsp3) is 0.320. The number of rotatable bonds is 5. The van der Waals surface area contributed by atoms with Crippen LogP contribution in [0.25, 0.3) is 11.3 Å². The molecule has 3 heterocycles. The van der Waals surface area contributed by atoms with Crippen LogP contribution in [0.1, 0.15) is 12.5 Å². The summed E-state index contributed by atoms with van der Waals surface area (Å²) < 4.78 is 55.1. The molecule has 0 radical (unpaired) electrons. The smallest absolute Gasteiger partial charge is 0.416 e.